The highest BCUT2D eigenvalue weighted by Crippen LogP contribution is 2.43. The molecule has 1 aromatic rings. The molecule has 5 rings (SSSR count). The van der Waals surface area contributed by atoms with Crippen LogP contribution >= 0.6 is 0 Å². The minimum absolute atomic E-state index is 0.331. The summed E-state index contributed by atoms with van der Waals surface area (Å²) in [5, 5.41) is 0. The molecule has 0 aromatic heterocycles. The fourth-order valence-electron chi connectivity index (χ4n) is 5.49. The number of ketones is 1. The maximum atomic E-state index is 11.8. The molecular weight excluding hydrogens is 308 g/mol. The van der Waals surface area contributed by atoms with Gasteiger partial charge in [-0.05, 0) is 87.2 Å². The van der Waals surface area contributed by atoms with Gasteiger partial charge in [-0.1, -0.05) is 6.42 Å². The van der Waals surface area contributed by atoms with Crippen LogP contribution in [-0.4, -0.2) is 42.9 Å². The zero-order chi connectivity index (χ0) is 16.9. The van der Waals surface area contributed by atoms with Gasteiger partial charge in [0, 0.05) is 36.8 Å². The number of hydrogen-bond donors (Lipinski definition) is 0. The Morgan fingerprint density at radius 3 is 2.32 bits per heavy atom. The van der Waals surface area contributed by atoms with Crippen molar-refractivity contribution in [3.05, 3.63) is 29.3 Å². The largest absolute Gasteiger partial charge is 0.371 e. The molecule has 3 nitrogen and oxygen atoms in total. The van der Waals surface area contributed by atoms with E-state index in [1.54, 1.807) is 0 Å². The molecular formula is C22H30N2O. The van der Waals surface area contributed by atoms with E-state index in [2.05, 4.69) is 28.0 Å². The van der Waals surface area contributed by atoms with Crippen LogP contribution in [0, 0.1) is 5.41 Å². The van der Waals surface area contributed by atoms with E-state index in [4.69, 9.17) is 0 Å². The number of hydrogen-bond acceptors (Lipinski definition) is 3. The van der Waals surface area contributed by atoms with Crippen LogP contribution < -0.4 is 4.90 Å². The second kappa shape index (κ2) is 6.12. The van der Waals surface area contributed by atoms with E-state index in [0.29, 0.717) is 17.6 Å². The van der Waals surface area contributed by atoms with E-state index in [9.17, 15) is 4.79 Å². The van der Waals surface area contributed by atoms with Crippen molar-refractivity contribution >= 4 is 11.5 Å². The lowest BCUT2D eigenvalue weighted by Gasteiger charge is -2.50. The zero-order valence-corrected chi connectivity index (χ0v) is 15.3. The fourth-order valence-corrected chi connectivity index (χ4v) is 5.49. The Balaban J connectivity index is 1.21. The predicted molar refractivity (Wildman–Crippen MR) is 101 cm³/mol. The molecule has 1 aromatic carbocycles. The Morgan fingerprint density at radius 1 is 0.920 bits per heavy atom. The lowest BCUT2D eigenvalue weighted by Crippen LogP contribution is -2.50. The van der Waals surface area contributed by atoms with E-state index in [1.165, 1.54) is 82.4 Å². The summed E-state index contributed by atoms with van der Waals surface area (Å²) in [6.07, 6.45) is 11.5. The first-order valence-corrected chi connectivity index (χ1v) is 10.4. The van der Waals surface area contributed by atoms with Crippen LogP contribution in [0.4, 0.5) is 5.69 Å². The topological polar surface area (TPSA) is 23.6 Å². The van der Waals surface area contributed by atoms with E-state index < -0.39 is 0 Å². The van der Waals surface area contributed by atoms with Gasteiger partial charge in [0.15, 0.2) is 5.78 Å². The molecule has 3 heteroatoms. The number of aryl methyl sites for hydroxylation is 1. The Labute approximate surface area is 151 Å². The third-order valence-corrected chi connectivity index (χ3v) is 7.65. The van der Waals surface area contributed by atoms with Gasteiger partial charge >= 0.3 is 0 Å². The second-order valence-corrected chi connectivity index (χ2v) is 8.87. The van der Waals surface area contributed by atoms with E-state index >= 15 is 0 Å². The maximum absolute atomic E-state index is 11.8. The summed E-state index contributed by atoms with van der Waals surface area (Å²) in [5.74, 6) is 0.331. The van der Waals surface area contributed by atoms with Gasteiger partial charge in [-0.25, -0.2) is 0 Å². The lowest BCUT2D eigenvalue weighted by molar-refractivity contribution is 0.0306. The highest BCUT2D eigenvalue weighted by molar-refractivity contribution is 6.00. The number of piperidine rings is 2. The van der Waals surface area contributed by atoms with Crippen molar-refractivity contribution in [3.63, 3.8) is 0 Å². The highest BCUT2D eigenvalue weighted by atomic mass is 16.1. The van der Waals surface area contributed by atoms with Crippen LogP contribution in [0.3, 0.4) is 0 Å². The molecule has 0 unspecified atom stereocenters. The number of benzene rings is 1. The fraction of sp³-hybridized carbons (Fsp3) is 0.682. The lowest BCUT2D eigenvalue weighted by atomic mass is 9.70. The molecule has 1 saturated carbocycles. The zero-order valence-electron chi connectivity index (χ0n) is 15.3. The molecule has 0 bridgehead atoms. The van der Waals surface area contributed by atoms with E-state index in [1.807, 2.05) is 0 Å². The quantitative estimate of drug-likeness (QED) is 0.813. The summed E-state index contributed by atoms with van der Waals surface area (Å²) in [4.78, 5) is 17.2. The number of anilines is 1. The number of Topliss-reactive ketones (excluding diaryl/α,β-unsaturated/α-hetero) is 1. The average Bonchev–Trinajstić information content (AvgIpc) is 2.97. The Bertz CT molecular complexity index is 661. The Hall–Kier alpha value is -1.35. The van der Waals surface area contributed by atoms with Crippen LogP contribution in [-0.2, 0) is 6.42 Å². The van der Waals surface area contributed by atoms with Crippen LogP contribution in [0.25, 0.3) is 0 Å². The highest BCUT2D eigenvalue weighted by Gasteiger charge is 2.39. The Kier molecular flexibility index (Phi) is 3.89. The van der Waals surface area contributed by atoms with Crippen molar-refractivity contribution in [2.24, 2.45) is 5.41 Å². The van der Waals surface area contributed by atoms with E-state index in [-0.39, 0.29) is 0 Å². The standard InChI is InChI=1S/C22H30N2O/c25-21-7-4-17-16-19(5-6-20(17)21)24-14-10-22(11-15-24)8-12-23(13-9-22)18-2-1-3-18/h5-6,16,18H,1-4,7-15H2. The molecule has 1 spiro atoms. The average molecular weight is 338 g/mol. The van der Waals surface area contributed by atoms with Gasteiger partial charge in [-0.3, -0.25) is 4.79 Å². The van der Waals surface area contributed by atoms with Crippen LogP contribution in [0.5, 0.6) is 0 Å². The third kappa shape index (κ3) is 2.81. The van der Waals surface area contributed by atoms with Gasteiger partial charge in [0.05, 0.1) is 0 Å². The van der Waals surface area contributed by atoms with Crippen molar-refractivity contribution in [1.29, 1.82) is 0 Å². The van der Waals surface area contributed by atoms with Crippen molar-refractivity contribution in [3.8, 4) is 0 Å². The summed E-state index contributed by atoms with van der Waals surface area (Å²) >= 11 is 0. The van der Waals surface area contributed by atoms with Crippen LogP contribution in [0.1, 0.15) is 67.3 Å². The molecule has 3 fully saturated rings. The van der Waals surface area contributed by atoms with Crippen LogP contribution in [0.2, 0.25) is 0 Å². The molecule has 25 heavy (non-hydrogen) atoms. The van der Waals surface area contributed by atoms with Gasteiger partial charge in [-0.15, -0.1) is 0 Å². The molecule has 2 aliphatic heterocycles. The first kappa shape index (κ1) is 15.9. The molecule has 2 aliphatic carbocycles. The van der Waals surface area contributed by atoms with Gasteiger partial charge in [0.1, 0.15) is 0 Å². The molecule has 2 heterocycles. The monoisotopic (exact) mass is 338 g/mol. The first-order valence-electron chi connectivity index (χ1n) is 10.4. The van der Waals surface area contributed by atoms with Crippen molar-refractivity contribution in [2.75, 3.05) is 31.1 Å². The minimum Gasteiger partial charge on any atom is -0.371 e. The number of carbonyl (C=O) groups excluding carboxylic acids is 1. The normalized spacial score (nSPS) is 26.7. The molecule has 4 aliphatic rings. The summed E-state index contributed by atoms with van der Waals surface area (Å²) in [6.45, 7) is 5.06. The summed E-state index contributed by atoms with van der Waals surface area (Å²) < 4.78 is 0. The van der Waals surface area contributed by atoms with E-state index in [0.717, 1.165) is 18.0 Å². The van der Waals surface area contributed by atoms with Crippen molar-refractivity contribution < 1.29 is 4.79 Å². The predicted octanol–water partition coefficient (Wildman–Crippen LogP) is 4.05. The number of nitrogens with zero attached hydrogens (tertiary/aromatic N) is 2. The molecule has 2 saturated heterocycles. The van der Waals surface area contributed by atoms with Crippen molar-refractivity contribution in [1.82, 2.24) is 4.90 Å². The second-order valence-electron chi connectivity index (χ2n) is 8.87. The number of fused-ring (bicyclic) bond motifs is 1. The SMILES string of the molecule is O=C1CCc2cc(N3CCC4(CC3)CCN(C3CCC3)CC4)ccc21. The molecule has 0 radical (unpaired) electrons. The summed E-state index contributed by atoms with van der Waals surface area (Å²) in [5.41, 5.74) is 4.20. The molecule has 134 valence electrons. The third-order valence-electron chi connectivity index (χ3n) is 7.65. The Morgan fingerprint density at radius 2 is 1.64 bits per heavy atom. The van der Waals surface area contributed by atoms with Gasteiger partial charge in [0.25, 0.3) is 0 Å². The van der Waals surface area contributed by atoms with Gasteiger partial charge in [-0.2, -0.15) is 0 Å². The number of rotatable bonds is 2. The maximum Gasteiger partial charge on any atom is 0.163 e. The summed E-state index contributed by atoms with van der Waals surface area (Å²) in [6, 6.07) is 7.46. The number of likely N-dealkylation sites (tertiary alicyclic amines) is 1. The molecule has 0 N–H and O–H groups in total. The van der Waals surface area contributed by atoms with Gasteiger partial charge < -0.3 is 9.80 Å². The van der Waals surface area contributed by atoms with Crippen molar-refractivity contribution in [2.45, 2.75) is 63.8 Å². The minimum atomic E-state index is 0.331. The smallest absolute Gasteiger partial charge is 0.163 e. The summed E-state index contributed by atoms with van der Waals surface area (Å²) in [7, 11) is 0. The molecule has 0 amide bonds. The molecule has 0 atom stereocenters. The van der Waals surface area contributed by atoms with Crippen LogP contribution in [0.15, 0.2) is 18.2 Å². The first-order chi connectivity index (χ1) is 12.2. The van der Waals surface area contributed by atoms with Gasteiger partial charge in [0.2, 0.25) is 0 Å². The number of carbonyl (C=O) groups is 1.